The van der Waals surface area contributed by atoms with E-state index in [-0.39, 0.29) is 5.82 Å². The Morgan fingerprint density at radius 2 is 2.24 bits per heavy atom. The van der Waals surface area contributed by atoms with Crippen LogP contribution in [0.25, 0.3) is 16.6 Å². The summed E-state index contributed by atoms with van der Waals surface area (Å²) >= 11 is 0. The van der Waals surface area contributed by atoms with E-state index in [9.17, 15) is 9.18 Å². The lowest BCUT2D eigenvalue weighted by atomic mass is 10.1. The maximum Gasteiger partial charge on any atom is 0.170 e. The van der Waals surface area contributed by atoms with Gasteiger partial charge in [-0.1, -0.05) is 12.1 Å². The third-order valence-electron chi connectivity index (χ3n) is 2.87. The molecule has 0 bridgehead atoms. The Hall–Kier alpha value is -2.23. The van der Waals surface area contributed by atoms with E-state index < -0.39 is 0 Å². The zero-order valence-corrected chi connectivity index (χ0v) is 9.14. The first-order valence-electron chi connectivity index (χ1n) is 5.23. The maximum absolute atomic E-state index is 13.9. The Morgan fingerprint density at radius 3 is 3.00 bits per heavy atom. The zero-order valence-electron chi connectivity index (χ0n) is 9.14. The van der Waals surface area contributed by atoms with Crippen molar-refractivity contribution in [1.82, 2.24) is 9.38 Å². The predicted molar refractivity (Wildman–Crippen MR) is 62.8 cm³/mol. The number of halogens is 1. The minimum atomic E-state index is -0.314. The number of carbonyl (C=O) groups is 1. The molecule has 1 aromatic carbocycles. The highest BCUT2D eigenvalue weighted by Gasteiger charge is 2.10. The highest BCUT2D eigenvalue weighted by atomic mass is 19.1. The number of hydrogen-bond acceptors (Lipinski definition) is 2. The molecule has 3 rings (SSSR count). The normalized spacial score (nSPS) is 11.2. The van der Waals surface area contributed by atoms with Crippen molar-refractivity contribution in [3.63, 3.8) is 0 Å². The van der Waals surface area contributed by atoms with Gasteiger partial charge >= 0.3 is 0 Å². The maximum atomic E-state index is 13.9. The predicted octanol–water partition coefficient (Wildman–Crippen LogP) is 2.75. The van der Waals surface area contributed by atoms with Crippen molar-refractivity contribution in [2.45, 2.75) is 6.92 Å². The minimum absolute atomic E-state index is 0.306. The Balaban J connectivity index is 2.60. The van der Waals surface area contributed by atoms with Gasteiger partial charge in [0.1, 0.15) is 17.2 Å². The molecular weight excluding hydrogens is 219 g/mol. The second kappa shape index (κ2) is 3.38. The molecule has 0 aliphatic heterocycles. The topological polar surface area (TPSA) is 34.4 Å². The van der Waals surface area contributed by atoms with Crippen molar-refractivity contribution in [3.05, 3.63) is 47.5 Å². The van der Waals surface area contributed by atoms with E-state index in [4.69, 9.17) is 0 Å². The van der Waals surface area contributed by atoms with E-state index in [0.717, 1.165) is 10.9 Å². The fraction of sp³-hybridized carbons (Fsp3) is 0.0769. The molecule has 0 unspecified atom stereocenters. The van der Waals surface area contributed by atoms with Crippen LogP contribution in [0, 0.1) is 12.7 Å². The first-order chi connectivity index (χ1) is 8.20. The van der Waals surface area contributed by atoms with Crippen molar-refractivity contribution in [2.24, 2.45) is 0 Å². The van der Waals surface area contributed by atoms with E-state index in [2.05, 4.69) is 4.98 Å². The van der Waals surface area contributed by atoms with Crippen LogP contribution in [-0.2, 0) is 0 Å². The van der Waals surface area contributed by atoms with Crippen LogP contribution < -0.4 is 0 Å². The summed E-state index contributed by atoms with van der Waals surface area (Å²) in [6.45, 7) is 1.90. The Morgan fingerprint density at radius 1 is 1.41 bits per heavy atom. The second-order valence-electron chi connectivity index (χ2n) is 3.98. The van der Waals surface area contributed by atoms with E-state index in [0.29, 0.717) is 23.1 Å². The SMILES string of the molecule is Cc1cc2nc(C=O)cn2c2c(F)cccc12. The van der Waals surface area contributed by atoms with Gasteiger partial charge in [-0.3, -0.25) is 9.20 Å². The molecule has 17 heavy (non-hydrogen) atoms. The van der Waals surface area contributed by atoms with Crippen molar-refractivity contribution in [3.8, 4) is 0 Å². The van der Waals surface area contributed by atoms with Gasteiger partial charge in [-0.15, -0.1) is 0 Å². The van der Waals surface area contributed by atoms with Gasteiger partial charge in [-0.05, 0) is 24.6 Å². The Bertz CT molecular complexity index is 746. The quantitative estimate of drug-likeness (QED) is 0.600. The highest BCUT2D eigenvalue weighted by molar-refractivity contribution is 5.87. The number of hydrogen-bond donors (Lipinski definition) is 0. The molecule has 3 aromatic rings. The fourth-order valence-electron chi connectivity index (χ4n) is 2.10. The summed E-state index contributed by atoms with van der Waals surface area (Å²) < 4.78 is 15.5. The number of rotatable bonds is 1. The van der Waals surface area contributed by atoms with Crippen molar-refractivity contribution in [1.29, 1.82) is 0 Å². The zero-order chi connectivity index (χ0) is 12.0. The van der Waals surface area contributed by atoms with Gasteiger partial charge in [0.15, 0.2) is 6.29 Å². The Labute approximate surface area is 96.5 Å². The van der Waals surface area contributed by atoms with Crippen LogP contribution in [0.5, 0.6) is 0 Å². The van der Waals surface area contributed by atoms with Crippen LogP contribution in [0.1, 0.15) is 16.1 Å². The van der Waals surface area contributed by atoms with Gasteiger partial charge in [0.25, 0.3) is 0 Å². The Kier molecular flexibility index (Phi) is 1.98. The van der Waals surface area contributed by atoms with Crippen LogP contribution in [0.3, 0.4) is 0 Å². The third-order valence-corrected chi connectivity index (χ3v) is 2.87. The first-order valence-corrected chi connectivity index (χ1v) is 5.23. The summed E-state index contributed by atoms with van der Waals surface area (Å²) in [6.07, 6.45) is 2.21. The van der Waals surface area contributed by atoms with Gasteiger partial charge in [-0.2, -0.15) is 0 Å². The molecule has 0 N–H and O–H groups in total. The first kappa shape index (κ1) is 9.96. The molecule has 0 atom stereocenters. The van der Waals surface area contributed by atoms with E-state index in [1.165, 1.54) is 6.07 Å². The molecule has 0 radical (unpaired) electrons. The van der Waals surface area contributed by atoms with Gasteiger partial charge in [0.2, 0.25) is 0 Å². The van der Waals surface area contributed by atoms with Crippen LogP contribution >= 0.6 is 0 Å². The molecule has 0 spiro atoms. The van der Waals surface area contributed by atoms with Gasteiger partial charge < -0.3 is 0 Å². The number of pyridine rings is 1. The van der Waals surface area contributed by atoms with Crippen LogP contribution in [0.4, 0.5) is 4.39 Å². The number of nitrogens with zero attached hydrogens (tertiary/aromatic N) is 2. The number of aryl methyl sites for hydroxylation is 1. The van der Waals surface area contributed by atoms with Gasteiger partial charge in [-0.25, -0.2) is 9.37 Å². The molecule has 2 heterocycles. The van der Waals surface area contributed by atoms with Gasteiger partial charge in [0, 0.05) is 11.6 Å². The van der Waals surface area contributed by atoms with E-state index in [1.807, 2.05) is 19.1 Å². The number of imidazole rings is 1. The summed E-state index contributed by atoms with van der Waals surface area (Å²) in [5.41, 5.74) is 2.29. The minimum Gasteiger partial charge on any atom is -0.296 e. The largest absolute Gasteiger partial charge is 0.296 e. The van der Waals surface area contributed by atoms with Crippen molar-refractivity contribution in [2.75, 3.05) is 0 Å². The lowest BCUT2D eigenvalue weighted by Crippen LogP contribution is -1.92. The number of aldehydes is 1. The molecule has 2 aromatic heterocycles. The van der Waals surface area contributed by atoms with Gasteiger partial charge in [0.05, 0.1) is 5.52 Å². The number of fused-ring (bicyclic) bond motifs is 3. The number of carbonyl (C=O) groups excluding carboxylic acids is 1. The van der Waals surface area contributed by atoms with Crippen LogP contribution in [-0.4, -0.2) is 15.7 Å². The molecule has 0 aliphatic carbocycles. The standard InChI is InChI=1S/C13H9FN2O/c1-8-5-12-15-9(7-17)6-16(12)13-10(8)3-2-4-11(13)14/h2-7H,1H3. The molecule has 4 heteroatoms. The number of aromatic nitrogens is 2. The van der Waals surface area contributed by atoms with Crippen LogP contribution in [0.15, 0.2) is 30.5 Å². The lowest BCUT2D eigenvalue weighted by molar-refractivity contribution is 0.111. The molecule has 0 fully saturated rings. The number of para-hydroxylation sites is 1. The molecule has 3 nitrogen and oxygen atoms in total. The molecular formula is C13H9FN2O. The second-order valence-corrected chi connectivity index (χ2v) is 3.98. The van der Waals surface area contributed by atoms with Crippen LogP contribution in [0.2, 0.25) is 0 Å². The molecule has 0 saturated heterocycles. The molecule has 0 amide bonds. The van der Waals surface area contributed by atoms with Crippen molar-refractivity contribution < 1.29 is 9.18 Å². The monoisotopic (exact) mass is 228 g/mol. The fourth-order valence-corrected chi connectivity index (χ4v) is 2.10. The summed E-state index contributed by atoms with van der Waals surface area (Å²) in [4.78, 5) is 14.8. The van der Waals surface area contributed by atoms with E-state index >= 15 is 0 Å². The summed E-state index contributed by atoms with van der Waals surface area (Å²) in [6, 6.07) is 6.78. The third kappa shape index (κ3) is 1.34. The summed E-state index contributed by atoms with van der Waals surface area (Å²) in [7, 11) is 0. The average molecular weight is 228 g/mol. The molecule has 0 saturated carbocycles. The summed E-state index contributed by atoms with van der Waals surface area (Å²) in [5.74, 6) is -0.314. The molecule has 0 aliphatic rings. The van der Waals surface area contributed by atoms with E-state index in [1.54, 1.807) is 16.7 Å². The highest BCUT2D eigenvalue weighted by Crippen LogP contribution is 2.23. The van der Waals surface area contributed by atoms with Crippen molar-refractivity contribution >= 4 is 22.8 Å². The molecule has 84 valence electrons. The average Bonchev–Trinajstić information content (AvgIpc) is 2.72. The summed E-state index contributed by atoms with van der Waals surface area (Å²) in [5, 5.41) is 0.826. The smallest absolute Gasteiger partial charge is 0.170 e. The lowest BCUT2D eigenvalue weighted by Gasteiger charge is -2.06. The number of benzene rings is 1.